The largest absolute Gasteiger partial charge is 0.317 e. The lowest BCUT2D eigenvalue weighted by atomic mass is 9.98. The molecule has 0 saturated carbocycles. The molecule has 2 amide bonds. The van der Waals surface area contributed by atoms with Crippen LogP contribution in [0.4, 0.5) is 5.95 Å². The van der Waals surface area contributed by atoms with Gasteiger partial charge in [0.25, 0.3) is 5.91 Å². The predicted octanol–water partition coefficient (Wildman–Crippen LogP) is 1.77. The number of hydrogen-bond acceptors (Lipinski definition) is 5. The number of anilines is 1. The van der Waals surface area contributed by atoms with E-state index < -0.39 is 0 Å². The third-order valence-electron chi connectivity index (χ3n) is 5.08. The number of nitrogens with one attached hydrogen (secondary N) is 2. The SMILES string of the molecule is C=C1c2ccccc2C(=O)N1CC(=O)Nc1nc(C2CCNCC2)nn1C.Cl. The van der Waals surface area contributed by atoms with Crippen molar-refractivity contribution < 1.29 is 9.59 Å². The zero-order valence-corrected chi connectivity index (χ0v) is 16.5. The van der Waals surface area contributed by atoms with Gasteiger partial charge in [-0.15, -0.1) is 12.4 Å². The summed E-state index contributed by atoms with van der Waals surface area (Å²) in [5.74, 6) is 0.910. The quantitative estimate of drug-likeness (QED) is 0.813. The molecule has 2 N–H and O–H groups in total. The molecule has 0 unspecified atom stereocenters. The smallest absolute Gasteiger partial charge is 0.259 e. The van der Waals surface area contributed by atoms with Crippen LogP contribution in [-0.2, 0) is 11.8 Å². The van der Waals surface area contributed by atoms with E-state index in [1.807, 2.05) is 12.1 Å². The molecule has 3 heterocycles. The normalized spacial score (nSPS) is 16.7. The van der Waals surface area contributed by atoms with E-state index in [-0.39, 0.29) is 30.8 Å². The number of fused-ring (bicyclic) bond motifs is 1. The van der Waals surface area contributed by atoms with Gasteiger partial charge in [0.1, 0.15) is 6.54 Å². The summed E-state index contributed by atoms with van der Waals surface area (Å²) in [6.07, 6.45) is 1.97. The summed E-state index contributed by atoms with van der Waals surface area (Å²) in [7, 11) is 1.75. The molecule has 1 fully saturated rings. The summed E-state index contributed by atoms with van der Waals surface area (Å²) in [6.45, 7) is 5.74. The molecule has 1 aromatic carbocycles. The molecule has 0 radical (unpaired) electrons. The molecule has 0 spiro atoms. The fourth-order valence-corrected chi connectivity index (χ4v) is 3.58. The Morgan fingerprint density at radius 1 is 1.29 bits per heavy atom. The van der Waals surface area contributed by atoms with Gasteiger partial charge < -0.3 is 5.32 Å². The van der Waals surface area contributed by atoms with Crippen LogP contribution in [0.25, 0.3) is 5.70 Å². The van der Waals surface area contributed by atoms with Crippen LogP contribution in [0.1, 0.15) is 40.5 Å². The average Bonchev–Trinajstić information content (AvgIpc) is 3.16. The number of amides is 2. The summed E-state index contributed by atoms with van der Waals surface area (Å²) in [6, 6.07) is 7.23. The van der Waals surface area contributed by atoms with Crippen LogP contribution in [0.2, 0.25) is 0 Å². The first-order valence-electron chi connectivity index (χ1n) is 9.06. The molecule has 0 atom stereocenters. The van der Waals surface area contributed by atoms with Gasteiger partial charge in [0, 0.05) is 29.8 Å². The van der Waals surface area contributed by atoms with E-state index in [2.05, 4.69) is 27.3 Å². The highest BCUT2D eigenvalue weighted by atomic mass is 35.5. The van der Waals surface area contributed by atoms with Crippen molar-refractivity contribution >= 4 is 35.9 Å². The number of benzene rings is 1. The third-order valence-corrected chi connectivity index (χ3v) is 5.08. The highest BCUT2D eigenvalue weighted by Gasteiger charge is 2.32. The summed E-state index contributed by atoms with van der Waals surface area (Å²) in [4.78, 5) is 30.9. The summed E-state index contributed by atoms with van der Waals surface area (Å²) in [5.41, 5.74) is 1.88. The van der Waals surface area contributed by atoms with Gasteiger partial charge in [-0.3, -0.25) is 19.8 Å². The molecule has 0 bridgehead atoms. The monoisotopic (exact) mass is 402 g/mol. The molecule has 8 nitrogen and oxygen atoms in total. The topological polar surface area (TPSA) is 92.2 Å². The maximum absolute atomic E-state index is 12.5. The van der Waals surface area contributed by atoms with Crippen LogP contribution in [0.15, 0.2) is 30.8 Å². The number of aryl methyl sites for hydroxylation is 1. The van der Waals surface area contributed by atoms with Crippen molar-refractivity contribution in [3.05, 3.63) is 47.8 Å². The third kappa shape index (κ3) is 3.65. The number of piperidine rings is 1. The van der Waals surface area contributed by atoms with Crippen molar-refractivity contribution in [1.29, 1.82) is 0 Å². The van der Waals surface area contributed by atoms with Crippen LogP contribution in [0.3, 0.4) is 0 Å². The van der Waals surface area contributed by atoms with Gasteiger partial charge in [0.15, 0.2) is 5.82 Å². The molecule has 2 aliphatic heterocycles. The zero-order valence-electron chi connectivity index (χ0n) is 15.6. The molecule has 28 heavy (non-hydrogen) atoms. The van der Waals surface area contributed by atoms with Gasteiger partial charge in [-0.05, 0) is 32.0 Å². The van der Waals surface area contributed by atoms with Gasteiger partial charge in [0.2, 0.25) is 11.9 Å². The number of nitrogens with zero attached hydrogens (tertiary/aromatic N) is 4. The van der Waals surface area contributed by atoms with Crippen LogP contribution in [-0.4, -0.2) is 51.1 Å². The molecule has 0 aliphatic carbocycles. The Balaban J connectivity index is 0.00000225. The molecular weight excluding hydrogens is 380 g/mol. The molecule has 1 saturated heterocycles. The number of aromatic nitrogens is 3. The first-order chi connectivity index (χ1) is 13.0. The fraction of sp³-hybridized carbons (Fsp3) is 0.368. The fourth-order valence-electron chi connectivity index (χ4n) is 3.58. The second kappa shape index (κ2) is 8.12. The van der Waals surface area contributed by atoms with Crippen molar-refractivity contribution in [3.63, 3.8) is 0 Å². The van der Waals surface area contributed by atoms with E-state index >= 15 is 0 Å². The highest BCUT2D eigenvalue weighted by Crippen LogP contribution is 2.30. The second-order valence-corrected chi connectivity index (χ2v) is 6.87. The van der Waals surface area contributed by atoms with E-state index in [0.29, 0.717) is 23.1 Å². The van der Waals surface area contributed by atoms with E-state index in [1.54, 1.807) is 23.9 Å². The van der Waals surface area contributed by atoms with Crippen molar-refractivity contribution in [1.82, 2.24) is 25.0 Å². The molecular formula is C19H23ClN6O2. The average molecular weight is 403 g/mol. The van der Waals surface area contributed by atoms with E-state index in [4.69, 9.17) is 0 Å². The van der Waals surface area contributed by atoms with Crippen LogP contribution in [0, 0.1) is 0 Å². The van der Waals surface area contributed by atoms with E-state index in [9.17, 15) is 9.59 Å². The van der Waals surface area contributed by atoms with Crippen LogP contribution >= 0.6 is 12.4 Å². The Morgan fingerprint density at radius 3 is 2.64 bits per heavy atom. The second-order valence-electron chi connectivity index (χ2n) is 6.87. The predicted molar refractivity (Wildman–Crippen MR) is 108 cm³/mol. The summed E-state index contributed by atoms with van der Waals surface area (Å²) < 4.78 is 1.57. The lowest BCUT2D eigenvalue weighted by Gasteiger charge is -2.19. The maximum Gasteiger partial charge on any atom is 0.259 e. The highest BCUT2D eigenvalue weighted by molar-refractivity contribution is 6.11. The maximum atomic E-state index is 12.5. The lowest BCUT2D eigenvalue weighted by Crippen LogP contribution is -2.33. The Morgan fingerprint density at radius 2 is 1.96 bits per heavy atom. The minimum Gasteiger partial charge on any atom is -0.317 e. The Hall–Kier alpha value is -2.71. The standard InChI is InChI=1S/C19H22N6O2.ClH/c1-12-14-5-3-4-6-15(14)18(27)25(12)11-16(26)21-19-22-17(23-24(19)2)13-7-9-20-10-8-13;/h3-6,13,20H,1,7-11H2,2H3,(H,21,22,23,26);1H. The number of carbonyl (C=O) groups excluding carboxylic acids is 2. The number of carbonyl (C=O) groups is 2. The number of rotatable bonds is 4. The molecule has 148 valence electrons. The molecule has 2 aliphatic rings. The van der Waals surface area contributed by atoms with Gasteiger partial charge in [-0.1, -0.05) is 24.8 Å². The molecule has 1 aromatic heterocycles. The number of hydrogen-bond donors (Lipinski definition) is 2. The van der Waals surface area contributed by atoms with Crippen molar-refractivity contribution in [2.75, 3.05) is 25.0 Å². The zero-order chi connectivity index (χ0) is 19.0. The summed E-state index contributed by atoms with van der Waals surface area (Å²) >= 11 is 0. The van der Waals surface area contributed by atoms with Crippen molar-refractivity contribution in [2.45, 2.75) is 18.8 Å². The van der Waals surface area contributed by atoms with E-state index in [0.717, 1.165) is 37.3 Å². The number of halogens is 1. The lowest BCUT2D eigenvalue weighted by molar-refractivity contribution is -0.116. The Kier molecular flexibility index (Phi) is 5.81. The Labute approximate surface area is 169 Å². The van der Waals surface area contributed by atoms with Crippen LogP contribution in [0.5, 0.6) is 0 Å². The van der Waals surface area contributed by atoms with Gasteiger partial charge in [-0.25, -0.2) is 4.68 Å². The van der Waals surface area contributed by atoms with Gasteiger partial charge in [-0.2, -0.15) is 10.1 Å². The van der Waals surface area contributed by atoms with Gasteiger partial charge in [0.05, 0.1) is 0 Å². The molecule has 4 rings (SSSR count). The van der Waals surface area contributed by atoms with Crippen LogP contribution < -0.4 is 10.6 Å². The first kappa shape index (κ1) is 20.0. The minimum absolute atomic E-state index is 0. The molecule has 9 heteroatoms. The summed E-state index contributed by atoms with van der Waals surface area (Å²) in [5, 5.41) is 10.5. The van der Waals surface area contributed by atoms with Crippen molar-refractivity contribution in [3.8, 4) is 0 Å². The molecule has 2 aromatic rings. The van der Waals surface area contributed by atoms with Crippen molar-refractivity contribution in [2.24, 2.45) is 7.05 Å². The van der Waals surface area contributed by atoms with E-state index in [1.165, 1.54) is 4.90 Å². The Bertz CT molecular complexity index is 884. The minimum atomic E-state index is -0.329. The van der Waals surface area contributed by atoms with Gasteiger partial charge >= 0.3 is 0 Å². The first-order valence-corrected chi connectivity index (χ1v) is 9.06.